The van der Waals surface area contributed by atoms with Crippen LogP contribution in [0, 0.1) is 28.6 Å². The van der Waals surface area contributed by atoms with Crippen molar-refractivity contribution in [3.05, 3.63) is 23.8 Å². The van der Waals surface area contributed by atoms with E-state index >= 15 is 0 Å². The summed E-state index contributed by atoms with van der Waals surface area (Å²) < 4.78 is 33.4. The number of ketones is 2. The van der Waals surface area contributed by atoms with Crippen molar-refractivity contribution >= 4 is 40.7 Å². The number of allylic oxidation sites excluding steroid dienone is 4. The summed E-state index contributed by atoms with van der Waals surface area (Å²) in [6, 6.07) is 0. The Morgan fingerprint density at radius 3 is 2.58 bits per heavy atom. The van der Waals surface area contributed by atoms with Crippen LogP contribution in [0.5, 0.6) is 0 Å². The lowest BCUT2D eigenvalue weighted by molar-refractivity contribution is -0.168. The second kappa shape index (κ2) is 7.85. The molecule has 0 aromatic heterocycles. The Kier molecular flexibility index (Phi) is 5.90. The zero-order chi connectivity index (χ0) is 24.6. The van der Waals surface area contributed by atoms with Crippen LogP contribution in [0.1, 0.15) is 46.5 Å². The van der Waals surface area contributed by atoms with Crippen molar-refractivity contribution in [2.75, 3.05) is 6.61 Å². The predicted molar refractivity (Wildman–Crippen MR) is 118 cm³/mol. The number of aliphatic hydroxyl groups is 1. The highest BCUT2D eigenvalue weighted by atomic mass is 35.5. The second-order valence-corrected chi connectivity index (χ2v) is 11.5. The van der Waals surface area contributed by atoms with Crippen LogP contribution in [-0.4, -0.2) is 51.5 Å². The Morgan fingerprint density at radius 2 is 1.97 bits per heavy atom. The average molecular weight is 505 g/mol. The Hall–Kier alpha value is -1.31. The Bertz CT molecular complexity index is 967. The van der Waals surface area contributed by atoms with Crippen LogP contribution in [0.2, 0.25) is 0 Å². The van der Waals surface area contributed by atoms with Gasteiger partial charge in [-0.3, -0.25) is 14.4 Å². The minimum atomic E-state index is -2.70. The van der Waals surface area contributed by atoms with E-state index in [9.17, 15) is 28.3 Å². The van der Waals surface area contributed by atoms with Gasteiger partial charge >= 0.3 is 5.97 Å². The molecule has 3 saturated carbocycles. The molecule has 5 nitrogen and oxygen atoms in total. The zero-order valence-electron chi connectivity index (χ0n) is 18.7. The fraction of sp³-hybridized carbons (Fsp3) is 0.708. The highest BCUT2D eigenvalue weighted by Crippen LogP contribution is 2.72. The van der Waals surface area contributed by atoms with Crippen LogP contribution in [0.15, 0.2) is 23.8 Å². The molecule has 0 unspecified atom stereocenters. The van der Waals surface area contributed by atoms with Crippen LogP contribution in [0.3, 0.4) is 0 Å². The summed E-state index contributed by atoms with van der Waals surface area (Å²) >= 11 is 14.3. The molecule has 0 amide bonds. The molecule has 3 fully saturated rings. The lowest BCUT2D eigenvalue weighted by Gasteiger charge is -2.65. The summed E-state index contributed by atoms with van der Waals surface area (Å²) in [7, 11) is 0. The molecule has 8 atom stereocenters. The number of alkyl halides is 4. The predicted octanol–water partition coefficient (Wildman–Crippen LogP) is 4.23. The minimum Gasteiger partial charge on any atom is -0.458 e. The Labute approximate surface area is 201 Å². The van der Waals surface area contributed by atoms with Gasteiger partial charge in [-0.15, -0.1) is 23.2 Å². The molecule has 0 aromatic rings. The van der Waals surface area contributed by atoms with E-state index in [0.717, 1.165) is 0 Å². The molecular weight excluding hydrogens is 477 g/mol. The van der Waals surface area contributed by atoms with E-state index in [2.05, 4.69) is 0 Å². The van der Waals surface area contributed by atoms with Gasteiger partial charge in [-0.1, -0.05) is 19.9 Å². The topological polar surface area (TPSA) is 80.7 Å². The van der Waals surface area contributed by atoms with Gasteiger partial charge in [0.05, 0.1) is 10.3 Å². The summed E-state index contributed by atoms with van der Waals surface area (Å²) in [4.78, 5) is 35.1. The van der Waals surface area contributed by atoms with Gasteiger partial charge < -0.3 is 9.84 Å². The zero-order valence-corrected chi connectivity index (χ0v) is 20.3. The number of hydrogen-bond donors (Lipinski definition) is 1. The summed E-state index contributed by atoms with van der Waals surface area (Å²) in [5, 5.41) is 10.8. The normalized spacial score (nSPS) is 46.3. The van der Waals surface area contributed by atoms with Gasteiger partial charge in [0.1, 0.15) is 5.60 Å². The number of hydrogen-bond acceptors (Lipinski definition) is 5. The Balaban J connectivity index is 1.79. The molecule has 0 aliphatic heterocycles. The second-order valence-electron chi connectivity index (χ2n) is 10.4. The fourth-order valence-corrected chi connectivity index (χ4v) is 8.45. The van der Waals surface area contributed by atoms with Gasteiger partial charge in [0.2, 0.25) is 12.2 Å². The minimum absolute atomic E-state index is 0.00139. The molecule has 0 heterocycles. The molecule has 4 aliphatic carbocycles. The van der Waals surface area contributed by atoms with Gasteiger partial charge in [-0.2, -0.15) is 0 Å². The number of rotatable bonds is 4. The van der Waals surface area contributed by atoms with E-state index in [1.54, 1.807) is 19.9 Å². The molecular formula is C24H28Cl2F2O5. The molecule has 4 aliphatic rings. The third-order valence-corrected chi connectivity index (χ3v) is 10.6. The molecule has 182 valence electrons. The monoisotopic (exact) mass is 504 g/mol. The van der Waals surface area contributed by atoms with Crippen molar-refractivity contribution in [3.63, 3.8) is 0 Å². The quantitative estimate of drug-likeness (QED) is 0.457. The summed E-state index contributed by atoms with van der Waals surface area (Å²) in [6.07, 6.45) is 2.19. The van der Waals surface area contributed by atoms with E-state index < -0.39 is 63.3 Å². The van der Waals surface area contributed by atoms with Crippen molar-refractivity contribution in [3.8, 4) is 0 Å². The molecule has 33 heavy (non-hydrogen) atoms. The van der Waals surface area contributed by atoms with Gasteiger partial charge in [0.25, 0.3) is 0 Å². The molecule has 0 aromatic carbocycles. The highest BCUT2D eigenvalue weighted by molar-refractivity contribution is 6.34. The van der Waals surface area contributed by atoms with E-state index in [1.807, 2.05) is 0 Å². The van der Waals surface area contributed by atoms with Gasteiger partial charge in [0.15, 0.2) is 12.4 Å². The van der Waals surface area contributed by atoms with Crippen molar-refractivity contribution < 1.29 is 33.0 Å². The first-order valence-electron chi connectivity index (χ1n) is 11.2. The third kappa shape index (κ3) is 3.21. The van der Waals surface area contributed by atoms with E-state index in [-0.39, 0.29) is 31.0 Å². The van der Waals surface area contributed by atoms with Crippen molar-refractivity contribution in [1.29, 1.82) is 0 Å². The largest absolute Gasteiger partial charge is 0.458 e. The average Bonchev–Trinajstić information content (AvgIpc) is 2.99. The maximum Gasteiger partial charge on any atom is 0.303 e. The van der Waals surface area contributed by atoms with Crippen molar-refractivity contribution in [1.82, 2.24) is 0 Å². The molecule has 4 rings (SSSR count). The first-order chi connectivity index (χ1) is 15.2. The molecule has 0 radical (unpaired) electrons. The van der Waals surface area contributed by atoms with Crippen LogP contribution >= 0.6 is 23.2 Å². The van der Waals surface area contributed by atoms with Crippen LogP contribution in [0.4, 0.5) is 8.78 Å². The molecule has 0 spiro atoms. The summed E-state index contributed by atoms with van der Waals surface area (Å²) in [6.45, 7) is 4.12. The number of ether oxygens (including phenoxy) is 1. The summed E-state index contributed by atoms with van der Waals surface area (Å²) in [5.41, 5.74) is -3.63. The molecule has 9 heteroatoms. The third-order valence-electron chi connectivity index (χ3n) is 9.02. The number of esters is 1. The van der Waals surface area contributed by atoms with Crippen LogP contribution < -0.4 is 0 Å². The van der Waals surface area contributed by atoms with Crippen molar-refractivity contribution in [2.24, 2.45) is 28.6 Å². The lowest BCUT2D eigenvalue weighted by Crippen LogP contribution is -2.68. The molecule has 1 N–H and O–H groups in total. The van der Waals surface area contributed by atoms with E-state index in [4.69, 9.17) is 27.9 Å². The Morgan fingerprint density at radius 1 is 1.30 bits per heavy atom. The van der Waals surface area contributed by atoms with Crippen molar-refractivity contribution in [2.45, 2.75) is 68.7 Å². The van der Waals surface area contributed by atoms with E-state index in [0.29, 0.717) is 12.0 Å². The molecule has 0 bridgehead atoms. The fourth-order valence-electron chi connectivity index (χ4n) is 7.25. The maximum atomic E-state index is 14.3. The lowest BCUT2D eigenvalue weighted by atomic mass is 9.44. The number of carbonyl (C=O) groups is 3. The number of carbonyl (C=O) groups excluding carboxylic acids is 3. The highest BCUT2D eigenvalue weighted by Gasteiger charge is 2.74. The van der Waals surface area contributed by atoms with Gasteiger partial charge in [-0.25, -0.2) is 8.78 Å². The maximum absolute atomic E-state index is 14.3. The smallest absolute Gasteiger partial charge is 0.303 e. The van der Waals surface area contributed by atoms with E-state index in [1.165, 1.54) is 19.1 Å². The van der Waals surface area contributed by atoms with Crippen LogP contribution in [0.25, 0.3) is 0 Å². The number of fused-ring (bicyclic) bond motifs is 5. The summed E-state index contributed by atoms with van der Waals surface area (Å²) in [5.74, 6) is -3.69. The van der Waals surface area contributed by atoms with Crippen LogP contribution in [-0.2, 0) is 19.1 Å². The van der Waals surface area contributed by atoms with Gasteiger partial charge in [0, 0.05) is 23.7 Å². The van der Waals surface area contributed by atoms with Gasteiger partial charge in [-0.05, 0) is 55.2 Å². The SMILES string of the molecule is CC(=O)OCC(=O)[C@@]1(O)CC[C@H]2[C@@H]3C[C@H](C(F)F)C4=CC(=O)C=C[C@]4(C)[C@@]3(Cl)[C@@H](Cl)C[C@@]21C. The molecule has 0 saturated heterocycles. The number of Topliss-reactive ketones (excluding diaryl/α,β-unsaturated/α-hetero) is 1. The first-order valence-corrected chi connectivity index (χ1v) is 12.0. The standard InChI is InChI=1S/C24H28Cl2F2O5/c1-12(29)33-11-19(31)23(32)7-5-15-17-9-14(20(27)28)16-8-13(30)4-6-21(16,2)24(17,26)18(25)10-22(15,23)3/h4,6,8,14-15,17-18,20,32H,5,7,9-11H2,1-3H3/t14-,15-,17-,18-,21-,22-,23-,24-/m0/s1. The number of halogens is 4. The first kappa shape index (κ1) is 24.8.